The van der Waals surface area contributed by atoms with Gasteiger partial charge in [0.2, 0.25) is 0 Å². The van der Waals surface area contributed by atoms with Crippen LogP contribution in [0.3, 0.4) is 0 Å². The highest BCUT2D eigenvalue weighted by molar-refractivity contribution is 6.31. The van der Waals surface area contributed by atoms with Gasteiger partial charge in [-0.2, -0.15) is 0 Å². The number of nitrogens with zero attached hydrogens (tertiary/aromatic N) is 2. The third-order valence-electron chi connectivity index (χ3n) is 5.08. The topological polar surface area (TPSA) is 100 Å². The number of halogens is 1. The molecule has 0 unspecified atom stereocenters. The Kier molecular flexibility index (Phi) is 5.56. The molecule has 0 saturated heterocycles. The summed E-state index contributed by atoms with van der Waals surface area (Å²) < 4.78 is 10.6. The number of ether oxygens (including phenoxy) is 2. The van der Waals surface area contributed by atoms with Crippen molar-refractivity contribution in [2.24, 2.45) is 0 Å². The molecular formula is C22H21ClN4O4. The van der Waals surface area contributed by atoms with E-state index in [0.29, 0.717) is 45.5 Å². The van der Waals surface area contributed by atoms with Crippen LogP contribution in [0.25, 0.3) is 21.8 Å². The zero-order valence-electron chi connectivity index (χ0n) is 17.3. The van der Waals surface area contributed by atoms with E-state index in [4.69, 9.17) is 21.1 Å². The molecule has 2 aromatic carbocycles. The second kappa shape index (κ2) is 8.31. The van der Waals surface area contributed by atoms with Gasteiger partial charge in [-0.15, -0.1) is 0 Å². The van der Waals surface area contributed by atoms with Gasteiger partial charge in [0.25, 0.3) is 11.5 Å². The number of carbonyl (C=O) groups excluding carboxylic acids is 1. The molecule has 2 N–H and O–H groups in total. The van der Waals surface area contributed by atoms with Gasteiger partial charge >= 0.3 is 0 Å². The van der Waals surface area contributed by atoms with Gasteiger partial charge in [-0.25, -0.2) is 4.98 Å². The molecule has 0 bridgehead atoms. The molecule has 0 aliphatic rings. The monoisotopic (exact) mass is 440 g/mol. The highest BCUT2D eigenvalue weighted by atomic mass is 35.5. The predicted octanol–water partition coefficient (Wildman–Crippen LogP) is 3.74. The summed E-state index contributed by atoms with van der Waals surface area (Å²) in [5.74, 6) is 1.09. The fourth-order valence-electron chi connectivity index (χ4n) is 3.49. The average Bonchev–Trinajstić information content (AvgIpc) is 3.19. The van der Waals surface area contributed by atoms with Crippen LogP contribution in [-0.2, 0) is 6.54 Å². The molecule has 8 nitrogen and oxygen atoms in total. The largest absolute Gasteiger partial charge is 0.493 e. The SMILES string of the molecule is CCN(Cc1nc2cc(OC)c(OC)cc2c(=O)[nH]1)C(=O)c1cc2cc(Cl)ccc2[nH]1. The Morgan fingerprint density at radius 3 is 2.55 bits per heavy atom. The summed E-state index contributed by atoms with van der Waals surface area (Å²) in [6.45, 7) is 2.44. The number of methoxy groups -OCH3 is 2. The van der Waals surface area contributed by atoms with Crippen LogP contribution >= 0.6 is 11.6 Å². The normalized spacial score (nSPS) is 11.1. The van der Waals surface area contributed by atoms with Crippen LogP contribution in [0.1, 0.15) is 23.2 Å². The molecule has 160 valence electrons. The van der Waals surface area contributed by atoms with Crippen molar-refractivity contribution < 1.29 is 14.3 Å². The second-order valence-corrected chi connectivity index (χ2v) is 7.41. The van der Waals surface area contributed by atoms with Crippen LogP contribution < -0.4 is 15.0 Å². The molecular weight excluding hydrogens is 420 g/mol. The first-order valence-corrected chi connectivity index (χ1v) is 10.0. The van der Waals surface area contributed by atoms with Gasteiger partial charge in [-0.05, 0) is 37.3 Å². The maximum Gasteiger partial charge on any atom is 0.270 e. The Bertz CT molecular complexity index is 1340. The van der Waals surface area contributed by atoms with Crippen molar-refractivity contribution in [2.45, 2.75) is 13.5 Å². The van der Waals surface area contributed by atoms with Gasteiger partial charge < -0.3 is 24.3 Å². The molecule has 0 fully saturated rings. The number of hydrogen-bond donors (Lipinski definition) is 2. The molecule has 0 aliphatic heterocycles. The van der Waals surface area contributed by atoms with E-state index in [9.17, 15) is 9.59 Å². The van der Waals surface area contributed by atoms with Crippen LogP contribution in [0.4, 0.5) is 0 Å². The number of rotatable bonds is 6. The molecule has 0 atom stereocenters. The summed E-state index contributed by atoms with van der Waals surface area (Å²) in [4.78, 5) is 37.7. The minimum absolute atomic E-state index is 0.144. The van der Waals surface area contributed by atoms with Crippen LogP contribution in [0, 0.1) is 0 Å². The van der Waals surface area contributed by atoms with E-state index < -0.39 is 0 Å². The molecule has 31 heavy (non-hydrogen) atoms. The fraction of sp³-hybridized carbons (Fsp3) is 0.227. The number of amides is 1. The van der Waals surface area contributed by atoms with E-state index in [2.05, 4.69) is 15.0 Å². The molecule has 9 heteroatoms. The van der Waals surface area contributed by atoms with Gasteiger partial charge in [-0.1, -0.05) is 11.6 Å². The highest BCUT2D eigenvalue weighted by Crippen LogP contribution is 2.30. The van der Waals surface area contributed by atoms with E-state index in [1.54, 1.807) is 35.2 Å². The van der Waals surface area contributed by atoms with Crippen molar-refractivity contribution in [3.05, 3.63) is 63.3 Å². The van der Waals surface area contributed by atoms with Gasteiger partial charge in [0.15, 0.2) is 11.5 Å². The second-order valence-electron chi connectivity index (χ2n) is 6.97. The zero-order chi connectivity index (χ0) is 22.1. The molecule has 1 amide bonds. The first kappa shape index (κ1) is 20.7. The lowest BCUT2D eigenvalue weighted by atomic mass is 10.2. The Hall–Kier alpha value is -3.52. The van der Waals surface area contributed by atoms with Crippen molar-refractivity contribution >= 4 is 39.3 Å². The summed E-state index contributed by atoms with van der Waals surface area (Å²) in [6.07, 6.45) is 0. The molecule has 0 spiro atoms. The molecule has 0 saturated carbocycles. The van der Waals surface area contributed by atoms with Gasteiger partial charge in [0, 0.05) is 28.5 Å². The van der Waals surface area contributed by atoms with E-state index >= 15 is 0 Å². The summed E-state index contributed by atoms with van der Waals surface area (Å²) in [7, 11) is 3.02. The number of aromatic nitrogens is 3. The van der Waals surface area contributed by atoms with E-state index in [1.807, 2.05) is 13.0 Å². The first-order chi connectivity index (χ1) is 14.9. The van der Waals surface area contributed by atoms with Gasteiger partial charge in [-0.3, -0.25) is 9.59 Å². The van der Waals surface area contributed by atoms with Gasteiger partial charge in [0.1, 0.15) is 11.5 Å². The van der Waals surface area contributed by atoms with Crippen molar-refractivity contribution in [3.8, 4) is 11.5 Å². The lowest BCUT2D eigenvalue weighted by Crippen LogP contribution is -2.32. The Labute approximate surface area is 182 Å². The molecule has 4 rings (SSSR count). The average molecular weight is 441 g/mol. The summed E-state index contributed by atoms with van der Waals surface area (Å²) in [5.41, 5.74) is 1.40. The number of benzene rings is 2. The lowest BCUT2D eigenvalue weighted by molar-refractivity contribution is 0.0743. The maximum atomic E-state index is 13.1. The quantitative estimate of drug-likeness (QED) is 0.475. The number of carbonyl (C=O) groups is 1. The third-order valence-corrected chi connectivity index (χ3v) is 5.32. The van der Waals surface area contributed by atoms with Crippen molar-refractivity contribution in [2.75, 3.05) is 20.8 Å². The molecule has 4 aromatic rings. The van der Waals surface area contributed by atoms with Crippen molar-refractivity contribution in [1.29, 1.82) is 0 Å². The number of nitrogens with one attached hydrogen (secondary N) is 2. The summed E-state index contributed by atoms with van der Waals surface area (Å²) in [6, 6.07) is 10.4. The zero-order valence-corrected chi connectivity index (χ0v) is 18.0. The minimum atomic E-state index is -0.315. The number of aromatic amines is 2. The Morgan fingerprint density at radius 1 is 1.10 bits per heavy atom. The summed E-state index contributed by atoms with van der Waals surface area (Å²) in [5, 5.41) is 1.83. The van der Waals surface area contributed by atoms with Crippen LogP contribution in [-0.4, -0.2) is 46.5 Å². The fourth-order valence-corrected chi connectivity index (χ4v) is 3.67. The minimum Gasteiger partial charge on any atom is -0.493 e. The number of H-pyrrole nitrogens is 2. The molecule has 2 aromatic heterocycles. The maximum absolute atomic E-state index is 13.1. The van der Waals surface area contributed by atoms with E-state index in [0.717, 1.165) is 10.9 Å². The van der Waals surface area contributed by atoms with Crippen LogP contribution in [0.5, 0.6) is 11.5 Å². The first-order valence-electron chi connectivity index (χ1n) is 9.66. The molecule has 2 heterocycles. The standard InChI is InChI=1S/C22H21ClN4O4/c1-4-27(22(29)17-8-12-7-13(23)5-6-15(12)24-17)11-20-25-16-10-19(31-3)18(30-2)9-14(16)21(28)26-20/h5-10,24H,4,11H2,1-3H3,(H,25,26,28). The van der Waals surface area contributed by atoms with Crippen LogP contribution in [0.2, 0.25) is 5.02 Å². The van der Waals surface area contributed by atoms with Crippen molar-refractivity contribution in [1.82, 2.24) is 19.9 Å². The third kappa shape index (κ3) is 3.94. The van der Waals surface area contributed by atoms with Gasteiger partial charge in [0.05, 0.1) is 31.7 Å². The van der Waals surface area contributed by atoms with E-state index in [-0.39, 0.29) is 18.0 Å². The Balaban J connectivity index is 1.66. The number of hydrogen-bond acceptors (Lipinski definition) is 5. The Morgan fingerprint density at radius 2 is 1.84 bits per heavy atom. The summed E-state index contributed by atoms with van der Waals surface area (Å²) >= 11 is 6.04. The number of fused-ring (bicyclic) bond motifs is 2. The smallest absolute Gasteiger partial charge is 0.270 e. The van der Waals surface area contributed by atoms with Crippen LogP contribution in [0.15, 0.2) is 41.2 Å². The van der Waals surface area contributed by atoms with Crippen molar-refractivity contribution in [3.63, 3.8) is 0 Å². The van der Waals surface area contributed by atoms with E-state index in [1.165, 1.54) is 14.2 Å². The highest BCUT2D eigenvalue weighted by Gasteiger charge is 2.19. The molecule has 0 aliphatic carbocycles. The lowest BCUT2D eigenvalue weighted by Gasteiger charge is -2.19. The predicted molar refractivity (Wildman–Crippen MR) is 119 cm³/mol. The molecule has 0 radical (unpaired) electrons.